The van der Waals surface area contributed by atoms with Crippen molar-refractivity contribution in [3.63, 3.8) is 0 Å². The third-order valence-electron chi connectivity index (χ3n) is 4.93. The summed E-state index contributed by atoms with van der Waals surface area (Å²) >= 11 is 0. The average molecular weight is 354 g/mol. The van der Waals surface area contributed by atoms with Crippen molar-refractivity contribution in [2.24, 2.45) is 0 Å². The van der Waals surface area contributed by atoms with E-state index in [1.807, 2.05) is 24.3 Å². The monoisotopic (exact) mass is 354 g/mol. The topological polar surface area (TPSA) is 18.5 Å². The Morgan fingerprint density at radius 2 is 1.26 bits per heavy atom. The molecule has 0 N–H and O–H groups in total. The third-order valence-corrected chi connectivity index (χ3v) is 4.93. The van der Waals surface area contributed by atoms with Crippen LogP contribution in [0.2, 0.25) is 0 Å². The van der Waals surface area contributed by atoms with E-state index in [9.17, 15) is 0 Å². The molecule has 0 saturated heterocycles. The summed E-state index contributed by atoms with van der Waals surface area (Å²) in [5, 5.41) is 0. The molecular weight excluding hydrogens is 332 g/mol. The van der Waals surface area contributed by atoms with Gasteiger partial charge in [0, 0.05) is 11.5 Å². The fourth-order valence-corrected chi connectivity index (χ4v) is 3.29. The second-order valence-electron chi connectivity index (χ2n) is 6.65. The minimum absolute atomic E-state index is 0.484. The maximum atomic E-state index is 5.30. The van der Waals surface area contributed by atoms with Crippen LogP contribution in [0.4, 0.5) is 0 Å². The van der Waals surface area contributed by atoms with Gasteiger partial charge in [0.15, 0.2) is 0 Å². The molecule has 1 aliphatic carbocycles. The molecule has 1 saturated carbocycles. The number of rotatable bonds is 5. The smallest absolute Gasteiger partial charge is 0.118 e. The molecule has 3 aromatic rings. The molecule has 2 nitrogen and oxygen atoms in total. The Morgan fingerprint density at radius 3 is 1.74 bits per heavy atom. The van der Waals surface area contributed by atoms with Crippen LogP contribution < -0.4 is 9.47 Å². The molecule has 0 aliphatic heterocycles. The first-order chi connectivity index (χ1) is 13.3. The van der Waals surface area contributed by atoms with Crippen molar-refractivity contribution >= 4 is 5.57 Å². The maximum Gasteiger partial charge on any atom is 0.118 e. The van der Waals surface area contributed by atoms with Crippen molar-refractivity contribution in [1.29, 1.82) is 0 Å². The molecule has 2 heteroatoms. The van der Waals surface area contributed by atoms with Gasteiger partial charge in [0.1, 0.15) is 11.5 Å². The summed E-state index contributed by atoms with van der Waals surface area (Å²) in [6.45, 7) is 0. The van der Waals surface area contributed by atoms with Crippen LogP contribution in [0.5, 0.6) is 11.5 Å². The number of allylic oxidation sites excluding steroid dienone is 1. The molecule has 0 amide bonds. The Morgan fingerprint density at radius 1 is 0.741 bits per heavy atom. The molecular formula is C25H22O2. The predicted molar refractivity (Wildman–Crippen MR) is 109 cm³/mol. The van der Waals surface area contributed by atoms with Gasteiger partial charge in [-0.2, -0.15) is 0 Å². The van der Waals surface area contributed by atoms with Crippen molar-refractivity contribution in [1.82, 2.24) is 0 Å². The molecule has 27 heavy (non-hydrogen) atoms. The van der Waals surface area contributed by atoms with E-state index in [2.05, 4.69) is 60.3 Å². The van der Waals surface area contributed by atoms with Gasteiger partial charge in [-0.1, -0.05) is 54.6 Å². The molecule has 1 atom stereocenters. The summed E-state index contributed by atoms with van der Waals surface area (Å²) in [4.78, 5) is 0. The van der Waals surface area contributed by atoms with Crippen molar-refractivity contribution < 1.29 is 9.47 Å². The highest BCUT2D eigenvalue weighted by molar-refractivity contribution is 5.80. The molecule has 0 bridgehead atoms. The first-order valence-electron chi connectivity index (χ1n) is 9.12. The van der Waals surface area contributed by atoms with Gasteiger partial charge in [-0.25, -0.2) is 0 Å². The summed E-state index contributed by atoms with van der Waals surface area (Å²) in [6.07, 6.45) is 1.07. The molecule has 1 aliphatic rings. The third kappa shape index (κ3) is 3.81. The SMILES string of the molecule is COc1ccc(C(=C=C2CC2c2ccccc2)c2ccc(OC)cc2)cc1. The molecule has 1 fully saturated rings. The maximum absolute atomic E-state index is 5.30. The fraction of sp³-hybridized carbons (Fsp3) is 0.160. The van der Waals surface area contributed by atoms with E-state index in [1.165, 1.54) is 11.1 Å². The number of hydrogen-bond donors (Lipinski definition) is 0. The van der Waals surface area contributed by atoms with Crippen LogP contribution in [0.3, 0.4) is 0 Å². The average Bonchev–Trinajstić information content (AvgIpc) is 3.52. The van der Waals surface area contributed by atoms with Crippen LogP contribution in [0.15, 0.2) is 90.2 Å². The van der Waals surface area contributed by atoms with Gasteiger partial charge in [-0.05, 0) is 52.9 Å². The number of hydrogen-bond acceptors (Lipinski definition) is 2. The van der Waals surface area contributed by atoms with E-state index in [1.54, 1.807) is 14.2 Å². The normalized spacial score (nSPS) is 15.0. The van der Waals surface area contributed by atoms with Gasteiger partial charge >= 0.3 is 0 Å². The zero-order valence-electron chi connectivity index (χ0n) is 15.6. The van der Waals surface area contributed by atoms with Crippen LogP contribution in [-0.2, 0) is 0 Å². The van der Waals surface area contributed by atoms with Crippen LogP contribution >= 0.6 is 0 Å². The standard InChI is InChI=1S/C25H22O2/c1-26-22-12-8-19(9-13-22)24(20-10-14-23(27-2)15-11-20)16-21-17-25(21)18-6-4-3-5-7-18/h3-15,25H,17H2,1-2H3. The Hall–Kier alpha value is -3.22. The predicted octanol–water partition coefficient (Wildman–Crippen LogP) is 5.85. The van der Waals surface area contributed by atoms with Crippen molar-refractivity contribution in [3.05, 3.63) is 107 Å². The summed E-state index contributed by atoms with van der Waals surface area (Å²) in [7, 11) is 3.37. The van der Waals surface area contributed by atoms with Gasteiger partial charge in [-0.15, -0.1) is 5.73 Å². The van der Waals surface area contributed by atoms with Crippen molar-refractivity contribution in [2.45, 2.75) is 12.3 Å². The molecule has 4 rings (SSSR count). The van der Waals surface area contributed by atoms with E-state index >= 15 is 0 Å². The highest BCUT2D eigenvalue weighted by Crippen LogP contribution is 2.47. The second-order valence-corrected chi connectivity index (χ2v) is 6.65. The Balaban J connectivity index is 1.77. The fourth-order valence-electron chi connectivity index (χ4n) is 3.29. The zero-order chi connectivity index (χ0) is 18.6. The Labute approximate surface area is 160 Å². The molecule has 0 aromatic heterocycles. The van der Waals surface area contributed by atoms with E-state index < -0.39 is 0 Å². The quantitative estimate of drug-likeness (QED) is 0.535. The lowest BCUT2D eigenvalue weighted by Gasteiger charge is -2.08. The molecule has 1 unspecified atom stereocenters. The Bertz CT molecular complexity index is 927. The van der Waals surface area contributed by atoms with Crippen LogP contribution in [-0.4, -0.2) is 14.2 Å². The van der Waals surface area contributed by atoms with Crippen LogP contribution in [0.25, 0.3) is 5.57 Å². The van der Waals surface area contributed by atoms with Crippen molar-refractivity contribution in [2.75, 3.05) is 14.2 Å². The summed E-state index contributed by atoms with van der Waals surface area (Å²) in [5.41, 5.74) is 9.78. The number of benzene rings is 3. The van der Waals surface area contributed by atoms with Gasteiger partial charge < -0.3 is 9.47 Å². The molecule has 0 spiro atoms. The molecule has 134 valence electrons. The van der Waals surface area contributed by atoms with Gasteiger partial charge in [0.2, 0.25) is 0 Å². The summed E-state index contributed by atoms with van der Waals surface area (Å²) in [6, 6.07) is 27.0. The lowest BCUT2D eigenvalue weighted by Crippen LogP contribution is -1.89. The minimum Gasteiger partial charge on any atom is -0.497 e. The zero-order valence-corrected chi connectivity index (χ0v) is 15.6. The molecule has 0 radical (unpaired) electrons. The van der Waals surface area contributed by atoms with E-state index in [0.29, 0.717) is 5.92 Å². The highest BCUT2D eigenvalue weighted by Gasteiger charge is 2.31. The Kier molecular flexibility index (Phi) is 4.82. The van der Waals surface area contributed by atoms with Crippen LogP contribution in [0.1, 0.15) is 29.0 Å². The van der Waals surface area contributed by atoms with E-state index in [0.717, 1.165) is 34.6 Å². The first kappa shape index (κ1) is 17.2. The highest BCUT2D eigenvalue weighted by atomic mass is 16.5. The molecule has 0 heterocycles. The van der Waals surface area contributed by atoms with Gasteiger partial charge in [0.25, 0.3) is 0 Å². The second kappa shape index (κ2) is 7.57. The molecule has 3 aromatic carbocycles. The number of ether oxygens (including phenoxy) is 2. The minimum atomic E-state index is 0.484. The number of methoxy groups -OCH3 is 2. The lowest BCUT2D eigenvalue weighted by molar-refractivity contribution is 0.414. The van der Waals surface area contributed by atoms with E-state index in [4.69, 9.17) is 9.47 Å². The van der Waals surface area contributed by atoms with Crippen LogP contribution in [0, 0.1) is 0 Å². The van der Waals surface area contributed by atoms with Gasteiger partial charge in [0.05, 0.1) is 14.2 Å². The summed E-state index contributed by atoms with van der Waals surface area (Å²) < 4.78 is 10.6. The van der Waals surface area contributed by atoms with E-state index in [-0.39, 0.29) is 0 Å². The summed E-state index contributed by atoms with van der Waals surface area (Å²) in [5.74, 6) is 2.20. The van der Waals surface area contributed by atoms with Gasteiger partial charge in [-0.3, -0.25) is 0 Å². The largest absolute Gasteiger partial charge is 0.497 e. The first-order valence-corrected chi connectivity index (χ1v) is 9.12. The lowest BCUT2D eigenvalue weighted by atomic mass is 9.98. The van der Waals surface area contributed by atoms with Crippen molar-refractivity contribution in [3.8, 4) is 11.5 Å².